The minimum atomic E-state index is -1.40. The number of benzene rings is 2. The van der Waals surface area contributed by atoms with Crippen LogP contribution in [-0.4, -0.2) is 57.9 Å². The molecule has 2 N–H and O–H groups in total. The highest BCUT2D eigenvalue weighted by atomic mass is 32.1. The summed E-state index contributed by atoms with van der Waals surface area (Å²) < 4.78 is 59.8. The lowest BCUT2D eigenvalue weighted by Crippen LogP contribution is -2.34. The molecule has 0 atom stereocenters. The van der Waals surface area contributed by atoms with Crippen molar-refractivity contribution in [1.29, 1.82) is 0 Å². The highest BCUT2D eigenvalue weighted by Crippen LogP contribution is 2.27. The topological polar surface area (TPSA) is 140 Å². The Morgan fingerprint density at radius 3 is 2.60 bits per heavy atom. The normalized spacial score (nSPS) is 13.1. The number of cyclic esters (lactones) is 1. The van der Waals surface area contributed by atoms with E-state index in [1.807, 2.05) is 0 Å². The quantitative estimate of drug-likeness (QED) is 0.309. The molecular weight excluding hydrogens is 559 g/mol. The first-order valence-electron chi connectivity index (χ1n) is 11.6. The van der Waals surface area contributed by atoms with Crippen LogP contribution in [0.5, 0.6) is 11.5 Å². The molecule has 2 aromatic carbocycles. The zero-order chi connectivity index (χ0) is 28.6. The van der Waals surface area contributed by atoms with Gasteiger partial charge in [0.15, 0.2) is 11.6 Å². The first-order valence-corrected chi connectivity index (χ1v) is 12.5. The minimum Gasteiger partial charge on any atom is -0.491 e. The molecule has 0 unspecified atom stereocenters. The molecule has 4 aromatic rings. The smallest absolute Gasteiger partial charge is 0.410 e. The number of H-pyrrole nitrogens is 1. The number of rotatable bonds is 9. The average molecular weight is 577 g/mol. The van der Waals surface area contributed by atoms with E-state index in [0.717, 1.165) is 35.6 Å². The number of aromatic nitrogens is 2. The maximum atomic E-state index is 14.8. The van der Waals surface area contributed by atoms with Gasteiger partial charge < -0.3 is 29.2 Å². The fourth-order valence-corrected chi connectivity index (χ4v) is 4.89. The van der Waals surface area contributed by atoms with Gasteiger partial charge in [-0.05, 0) is 24.3 Å². The molecule has 0 saturated carbocycles. The number of nitrogens with zero attached hydrogens (tertiary/aromatic N) is 2. The van der Waals surface area contributed by atoms with Gasteiger partial charge in [-0.2, -0.15) is 0 Å². The highest BCUT2D eigenvalue weighted by molar-refractivity contribution is 7.13. The van der Waals surface area contributed by atoms with Gasteiger partial charge in [-0.1, -0.05) is 0 Å². The van der Waals surface area contributed by atoms with E-state index in [0.29, 0.717) is 11.1 Å². The Balaban J connectivity index is 1.42. The van der Waals surface area contributed by atoms with Crippen molar-refractivity contribution >= 4 is 34.3 Å². The van der Waals surface area contributed by atoms with Crippen molar-refractivity contribution in [3.63, 3.8) is 0 Å². The fraction of sp³-hybridized carbons (Fsp3) is 0.200. The van der Waals surface area contributed by atoms with Gasteiger partial charge in [-0.15, -0.1) is 11.3 Å². The van der Waals surface area contributed by atoms with Crippen molar-refractivity contribution in [1.82, 2.24) is 14.5 Å². The number of carboxylic acids is 1. The third-order valence-electron chi connectivity index (χ3n) is 6.01. The number of fused-ring (bicyclic) bond motifs is 1. The average Bonchev–Trinajstić information content (AvgIpc) is 3.53. The number of amides is 1. The Morgan fingerprint density at radius 2 is 1.88 bits per heavy atom. The molecule has 40 heavy (non-hydrogen) atoms. The van der Waals surface area contributed by atoms with Crippen molar-refractivity contribution in [2.45, 2.75) is 6.61 Å². The number of hydrogen-bond donors (Lipinski definition) is 2. The molecule has 5 rings (SSSR count). The molecule has 15 heteroatoms. The molecule has 1 aliphatic rings. The van der Waals surface area contributed by atoms with Gasteiger partial charge in [0.25, 0.3) is 5.56 Å². The standard InChI is InChI=1S/C25H18F3N3O8S/c26-14-2-1-12(9-17(14)31-22(32)19-16(29-24(31)35)11-40-21(19)23(33)34)39-10-13-18(4-3-15(27)20(13)28)37-7-5-30-6-8-38-25(30)36/h1-4,9,11H,5-8,10H2,(H,29,35)(H,33,34). The molecule has 208 valence electrons. The summed E-state index contributed by atoms with van der Waals surface area (Å²) in [6.07, 6.45) is -0.514. The number of carboxylic acid groups (broad SMARTS) is 1. The van der Waals surface area contributed by atoms with Crippen LogP contribution >= 0.6 is 11.3 Å². The molecule has 3 heterocycles. The van der Waals surface area contributed by atoms with Crippen LogP contribution in [0.25, 0.3) is 16.6 Å². The lowest BCUT2D eigenvalue weighted by Gasteiger charge is -2.16. The molecule has 1 amide bonds. The van der Waals surface area contributed by atoms with E-state index < -0.39 is 53.1 Å². The second-order valence-electron chi connectivity index (χ2n) is 8.42. The van der Waals surface area contributed by atoms with Crippen molar-refractivity contribution in [3.05, 3.63) is 84.4 Å². The lowest BCUT2D eigenvalue weighted by molar-refractivity contribution is 0.0704. The Morgan fingerprint density at radius 1 is 1.10 bits per heavy atom. The Bertz CT molecular complexity index is 1770. The van der Waals surface area contributed by atoms with Crippen molar-refractivity contribution in [2.75, 3.05) is 26.3 Å². The third kappa shape index (κ3) is 4.98. The summed E-state index contributed by atoms with van der Waals surface area (Å²) in [5.41, 5.74) is -2.98. The predicted octanol–water partition coefficient (Wildman–Crippen LogP) is 3.27. The maximum absolute atomic E-state index is 14.8. The second kappa shape index (κ2) is 10.8. The van der Waals surface area contributed by atoms with Gasteiger partial charge in [-0.3, -0.25) is 4.79 Å². The summed E-state index contributed by atoms with van der Waals surface area (Å²) in [5.74, 6) is -5.02. The van der Waals surface area contributed by atoms with E-state index in [1.165, 1.54) is 16.3 Å². The van der Waals surface area contributed by atoms with Crippen molar-refractivity contribution in [3.8, 4) is 17.2 Å². The second-order valence-corrected chi connectivity index (χ2v) is 9.30. The van der Waals surface area contributed by atoms with Crippen LogP contribution < -0.4 is 20.7 Å². The molecular formula is C25H18F3N3O8S. The Hall–Kier alpha value is -4.79. The zero-order valence-electron chi connectivity index (χ0n) is 20.2. The number of halogens is 3. The van der Waals surface area contributed by atoms with Gasteiger partial charge in [0.2, 0.25) is 0 Å². The van der Waals surface area contributed by atoms with Crippen LogP contribution in [0.15, 0.2) is 45.3 Å². The Labute approximate surface area is 225 Å². The molecule has 0 bridgehead atoms. The largest absolute Gasteiger partial charge is 0.491 e. The Kier molecular flexibility index (Phi) is 7.21. The number of carbonyl (C=O) groups excluding carboxylic acids is 1. The number of aromatic carboxylic acids is 1. The van der Waals surface area contributed by atoms with E-state index in [2.05, 4.69) is 4.98 Å². The van der Waals surface area contributed by atoms with Gasteiger partial charge in [0, 0.05) is 11.4 Å². The number of aromatic amines is 1. The first kappa shape index (κ1) is 26.8. The predicted molar refractivity (Wildman–Crippen MR) is 134 cm³/mol. The summed E-state index contributed by atoms with van der Waals surface area (Å²) in [7, 11) is 0. The van der Waals surface area contributed by atoms with Gasteiger partial charge >= 0.3 is 17.8 Å². The van der Waals surface area contributed by atoms with Crippen LogP contribution in [0.1, 0.15) is 15.2 Å². The zero-order valence-corrected chi connectivity index (χ0v) is 21.1. The van der Waals surface area contributed by atoms with Gasteiger partial charge in [-0.25, -0.2) is 32.1 Å². The molecule has 0 aliphatic carbocycles. The summed E-state index contributed by atoms with van der Waals surface area (Å²) in [6, 6.07) is 5.06. The molecule has 11 nitrogen and oxygen atoms in total. The number of thiophene rings is 1. The molecule has 0 radical (unpaired) electrons. The highest BCUT2D eigenvalue weighted by Gasteiger charge is 2.23. The molecule has 0 spiro atoms. The number of nitrogens with one attached hydrogen (secondary N) is 1. The van der Waals surface area contributed by atoms with Crippen LogP contribution in [0.2, 0.25) is 0 Å². The van der Waals surface area contributed by atoms with Crippen LogP contribution in [-0.2, 0) is 11.3 Å². The van der Waals surface area contributed by atoms with E-state index >= 15 is 0 Å². The SMILES string of the molecule is O=C(O)c1scc2[nH]c(=O)n(-c3cc(OCc4c(OCCN5CCOC5=O)ccc(F)c4F)ccc3F)c(=O)c12. The van der Waals surface area contributed by atoms with E-state index in [4.69, 9.17) is 14.2 Å². The minimum absolute atomic E-state index is 0.0165. The fourth-order valence-electron chi connectivity index (χ4n) is 4.06. The van der Waals surface area contributed by atoms with Crippen LogP contribution in [0.3, 0.4) is 0 Å². The maximum Gasteiger partial charge on any atom is 0.410 e. The molecule has 1 saturated heterocycles. The molecule has 2 aromatic heterocycles. The van der Waals surface area contributed by atoms with Crippen LogP contribution in [0, 0.1) is 17.5 Å². The third-order valence-corrected chi connectivity index (χ3v) is 6.97. The summed E-state index contributed by atoms with van der Waals surface area (Å²) in [4.78, 5) is 52.2. The van der Waals surface area contributed by atoms with E-state index in [-0.39, 0.29) is 52.6 Å². The van der Waals surface area contributed by atoms with Crippen molar-refractivity contribution < 1.29 is 42.1 Å². The number of hydrogen-bond acceptors (Lipinski definition) is 8. The summed E-state index contributed by atoms with van der Waals surface area (Å²) in [6.45, 7) is 0.103. The van der Waals surface area contributed by atoms with Crippen molar-refractivity contribution in [2.24, 2.45) is 0 Å². The monoisotopic (exact) mass is 577 g/mol. The first-order chi connectivity index (χ1) is 19.2. The molecule has 1 aliphatic heterocycles. The lowest BCUT2D eigenvalue weighted by atomic mass is 10.2. The molecule has 1 fully saturated rings. The summed E-state index contributed by atoms with van der Waals surface area (Å²) in [5, 5.41) is 10.3. The van der Waals surface area contributed by atoms with Gasteiger partial charge in [0.05, 0.1) is 35.2 Å². The van der Waals surface area contributed by atoms with Gasteiger partial charge in [0.1, 0.15) is 42.0 Å². The van der Waals surface area contributed by atoms with E-state index in [9.17, 15) is 37.5 Å². The number of carbonyl (C=O) groups is 2. The summed E-state index contributed by atoms with van der Waals surface area (Å²) >= 11 is 0.722. The van der Waals surface area contributed by atoms with E-state index in [1.54, 1.807) is 0 Å². The number of ether oxygens (including phenoxy) is 3. The van der Waals surface area contributed by atoms with Crippen LogP contribution in [0.4, 0.5) is 18.0 Å².